The standard InChI is InChI=1S/C23H26N4O/c1-5-15-11-18(21(28)12-16(15)6-2)23-26-20-10-8-7-9-17(20)22(27-23)25-13-19(24)14(3)4/h5-12,14,19,28H,1-2,13,24H2,3-4H3,(H,25,26,27). The number of aromatic nitrogens is 2. The third kappa shape index (κ3) is 3.89. The van der Waals surface area contributed by atoms with Crippen LogP contribution >= 0.6 is 0 Å². The van der Waals surface area contributed by atoms with Gasteiger partial charge in [0, 0.05) is 18.0 Å². The quantitative estimate of drug-likeness (QED) is 0.559. The monoisotopic (exact) mass is 374 g/mol. The maximum atomic E-state index is 10.5. The highest BCUT2D eigenvalue weighted by Crippen LogP contribution is 2.33. The number of benzene rings is 2. The second kappa shape index (κ2) is 8.23. The minimum atomic E-state index is 0.00447. The molecule has 0 amide bonds. The molecular weight excluding hydrogens is 348 g/mol. The van der Waals surface area contributed by atoms with Gasteiger partial charge in [-0.05, 0) is 41.3 Å². The first-order chi connectivity index (χ1) is 13.4. The van der Waals surface area contributed by atoms with Crippen LogP contribution in [0.4, 0.5) is 5.82 Å². The van der Waals surface area contributed by atoms with Crippen molar-refractivity contribution >= 4 is 28.9 Å². The molecule has 0 aliphatic rings. The van der Waals surface area contributed by atoms with E-state index in [1.165, 1.54) is 0 Å². The molecule has 3 rings (SSSR count). The van der Waals surface area contributed by atoms with Crippen LogP contribution in [0, 0.1) is 5.92 Å². The Bertz CT molecular complexity index is 1030. The molecule has 0 radical (unpaired) electrons. The molecule has 4 N–H and O–H groups in total. The van der Waals surface area contributed by atoms with Crippen molar-refractivity contribution in [1.82, 2.24) is 9.97 Å². The normalized spacial score (nSPS) is 12.1. The van der Waals surface area contributed by atoms with Crippen molar-refractivity contribution in [3.8, 4) is 17.1 Å². The maximum Gasteiger partial charge on any atom is 0.165 e. The summed E-state index contributed by atoms with van der Waals surface area (Å²) < 4.78 is 0. The molecule has 5 heteroatoms. The SMILES string of the molecule is C=Cc1cc(O)c(-c2nc(NCC(N)C(C)C)c3ccccc3n2)cc1C=C. The highest BCUT2D eigenvalue weighted by atomic mass is 16.3. The average molecular weight is 374 g/mol. The third-order valence-corrected chi connectivity index (χ3v) is 4.85. The van der Waals surface area contributed by atoms with Crippen molar-refractivity contribution in [2.45, 2.75) is 19.9 Å². The molecule has 0 spiro atoms. The molecule has 144 valence electrons. The molecule has 1 atom stereocenters. The van der Waals surface area contributed by atoms with Crippen LogP contribution in [-0.4, -0.2) is 27.7 Å². The number of nitrogens with two attached hydrogens (primary N) is 1. The van der Waals surface area contributed by atoms with Crippen LogP contribution in [0.5, 0.6) is 5.75 Å². The zero-order chi connectivity index (χ0) is 20.3. The van der Waals surface area contributed by atoms with Gasteiger partial charge in [-0.3, -0.25) is 0 Å². The molecule has 1 aromatic heterocycles. The number of anilines is 1. The Morgan fingerprint density at radius 3 is 2.46 bits per heavy atom. The van der Waals surface area contributed by atoms with Crippen LogP contribution in [0.1, 0.15) is 25.0 Å². The first-order valence-corrected chi connectivity index (χ1v) is 9.33. The van der Waals surface area contributed by atoms with Gasteiger partial charge in [0.1, 0.15) is 11.6 Å². The minimum absolute atomic E-state index is 0.00447. The lowest BCUT2D eigenvalue weighted by Crippen LogP contribution is -2.34. The lowest BCUT2D eigenvalue weighted by molar-refractivity contribution is 0.476. The number of phenols is 1. The van der Waals surface area contributed by atoms with Gasteiger partial charge in [-0.25, -0.2) is 9.97 Å². The van der Waals surface area contributed by atoms with Gasteiger partial charge in [0.15, 0.2) is 5.82 Å². The fourth-order valence-electron chi connectivity index (χ4n) is 2.94. The predicted octanol–water partition coefficient (Wildman–Crippen LogP) is 4.68. The van der Waals surface area contributed by atoms with Crippen LogP contribution in [0.3, 0.4) is 0 Å². The Balaban J connectivity index is 2.12. The molecule has 0 aliphatic heterocycles. The van der Waals surface area contributed by atoms with E-state index in [9.17, 15) is 5.11 Å². The van der Waals surface area contributed by atoms with Crippen LogP contribution in [0.15, 0.2) is 49.6 Å². The Kier molecular flexibility index (Phi) is 5.76. The second-order valence-corrected chi connectivity index (χ2v) is 7.11. The zero-order valence-corrected chi connectivity index (χ0v) is 16.3. The molecule has 1 unspecified atom stereocenters. The molecule has 3 aromatic rings. The van der Waals surface area contributed by atoms with E-state index in [1.54, 1.807) is 18.2 Å². The number of phenolic OH excluding ortho intramolecular Hbond substituents is 1. The van der Waals surface area contributed by atoms with Gasteiger partial charge in [0.05, 0.1) is 11.1 Å². The Morgan fingerprint density at radius 2 is 1.79 bits per heavy atom. The lowest BCUT2D eigenvalue weighted by atomic mass is 10.0. The van der Waals surface area contributed by atoms with E-state index in [2.05, 4.69) is 37.3 Å². The first kappa shape index (κ1) is 19.6. The van der Waals surface area contributed by atoms with Crippen LogP contribution < -0.4 is 11.1 Å². The number of rotatable bonds is 7. The van der Waals surface area contributed by atoms with Crippen molar-refractivity contribution in [2.24, 2.45) is 11.7 Å². The largest absolute Gasteiger partial charge is 0.507 e. The van der Waals surface area contributed by atoms with Crippen molar-refractivity contribution in [2.75, 3.05) is 11.9 Å². The number of para-hydroxylation sites is 1. The van der Waals surface area contributed by atoms with Crippen LogP contribution in [0.25, 0.3) is 34.4 Å². The summed E-state index contributed by atoms with van der Waals surface area (Å²) in [5.74, 6) is 1.59. The van der Waals surface area contributed by atoms with E-state index in [4.69, 9.17) is 10.7 Å². The topological polar surface area (TPSA) is 84.1 Å². The zero-order valence-electron chi connectivity index (χ0n) is 16.3. The van der Waals surface area contributed by atoms with Crippen molar-refractivity contribution in [3.63, 3.8) is 0 Å². The van der Waals surface area contributed by atoms with E-state index in [1.807, 2.05) is 30.3 Å². The van der Waals surface area contributed by atoms with E-state index < -0.39 is 0 Å². The molecule has 28 heavy (non-hydrogen) atoms. The van der Waals surface area contributed by atoms with Gasteiger partial charge in [0.2, 0.25) is 0 Å². The van der Waals surface area contributed by atoms with Gasteiger partial charge in [-0.1, -0.05) is 51.3 Å². The van der Waals surface area contributed by atoms with E-state index in [-0.39, 0.29) is 11.8 Å². The molecule has 0 saturated heterocycles. The summed E-state index contributed by atoms with van der Waals surface area (Å²) in [4.78, 5) is 9.35. The van der Waals surface area contributed by atoms with Crippen molar-refractivity contribution in [3.05, 3.63) is 60.7 Å². The summed E-state index contributed by atoms with van der Waals surface area (Å²) in [5, 5.41) is 14.8. The van der Waals surface area contributed by atoms with E-state index >= 15 is 0 Å². The van der Waals surface area contributed by atoms with E-state index in [0.717, 1.165) is 22.0 Å². The molecule has 0 fully saturated rings. The van der Waals surface area contributed by atoms with Crippen molar-refractivity contribution < 1.29 is 5.11 Å². The van der Waals surface area contributed by atoms with Gasteiger partial charge in [-0.15, -0.1) is 0 Å². The number of aromatic hydroxyl groups is 1. The predicted molar refractivity (Wildman–Crippen MR) is 118 cm³/mol. The van der Waals surface area contributed by atoms with Crippen LogP contribution in [-0.2, 0) is 0 Å². The van der Waals surface area contributed by atoms with Gasteiger partial charge in [0.25, 0.3) is 0 Å². The van der Waals surface area contributed by atoms with E-state index in [0.29, 0.717) is 29.7 Å². The number of hydrogen-bond donors (Lipinski definition) is 3. The highest BCUT2D eigenvalue weighted by molar-refractivity contribution is 5.91. The number of fused-ring (bicyclic) bond motifs is 1. The van der Waals surface area contributed by atoms with Gasteiger partial charge < -0.3 is 16.2 Å². The first-order valence-electron chi connectivity index (χ1n) is 9.33. The molecule has 0 saturated carbocycles. The maximum absolute atomic E-state index is 10.5. The summed E-state index contributed by atoms with van der Waals surface area (Å²) in [7, 11) is 0. The Morgan fingerprint density at radius 1 is 1.11 bits per heavy atom. The van der Waals surface area contributed by atoms with Crippen LogP contribution in [0.2, 0.25) is 0 Å². The summed E-state index contributed by atoms with van der Waals surface area (Å²) >= 11 is 0. The molecule has 0 aliphatic carbocycles. The van der Waals surface area contributed by atoms with Gasteiger partial charge >= 0.3 is 0 Å². The lowest BCUT2D eigenvalue weighted by Gasteiger charge is -2.18. The van der Waals surface area contributed by atoms with Gasteiger partial charge in [-0.2, -0.15) is 0 Å². The number of hydrogen-bond acceptors (Lipinski definition) is 5. The minimum Gasteiger partial charge on any atom is -0.507 e. The average Bonchev–Trinajstić information content (AvgIpc) is 2.71. The molecule has 5 nitrogen and oxygen atoms in total. The number of nitrogens with zero attached hydrogens (tertiary/aromatic N) is 2. The molecular formula is C23H26N4O. The summed E-state index contributed by atoms with van der Waals surface area (Å²) in [5.41, 5.74) is 9.18. The Hall–Kier alpha value is -3.18. The second-order valence-electron chi connectivity index (χ2n) is 7.11. The molecule has 1 heterocycles. The Labute approximate surface area is 165 Å². The summed E-state index contributed by atoms with van der Waals surface area (Å²) in [6, 6.07) is 11.3. The highest BCUT2D eigenvalue weighted by Gasteiger charge is 2.15. The van der Waals surface area contributed by atoms with Crippen molar-refractivity contribution in [1.29, 1.82) is 0 Å². The summed E-state index contributed by atoms with van der Waals surface area (Å²) in [6.07, 6.45) is 3.41. The molecule has 2 aromatic carbocycles. The third-order valence-electron chi connectivity index (χ3n) is 4.85. The fraction of sp³-hybridized carbons (Fsp3) is 0.217. The fourth-order valence-corrected chi connectivity index (χ4v) is 2.94. The summed E-state index contributed by atoms with van der Waals surface area (Å²) in [6.45, 7) is 12.4. The smallest absolute Gasteiger partial charge is 0.165 e. The number of nitrogens with one attached hydrogen (secondary N) is 1. The molecule has 0 bridgehead atoms.